The monoisotopic (exact) mass is 744 g/mol. The zero-order chi connectivity index (χ0) is 34.5. The maximum atomic E-state index is 12.9. The Morgan fingerprint density at radius 3 is 2.70 bits per heavy atom. The number of aromatic carboxylic acids is 1. The Morgan fingerprint density at radius 2 is 1.86 bits per heavy atom. The molecule has 258 valence electrons. The SMILES string of the molecule is CSN1CCn2nc3c(c2C1)-c1c(Cl)ccc2c(c(C(=O)O)n(C)c12)CCCOc1cc(cc2ccccc12)SCc1cc(nn1C)CSC3. The molecule has 6 aromatic rings. The molecule has 0 saturated carbocycles. The van der Waals surface area contributed by atoms with E-state index in [1.54, 1.807) is 35.5 Å². The summed E-state index contributed by atoms with van der Waals surface area (Å²) in [6.07, 6.45) is 3.29. The number of aryl methyl sites for hydroxylation is 3. The molecule has 0 unspecified atom stereocenters. The van der Waals surface area contributed by atoms with E-state index in [0.29, 0.717) is 30.2 Å². The molecule has 1 N–H and O–H groups in total. The predicted octanol–water partition coefficient (Wildman–Crippen LogP) is 8.42. The summed E-state index contributed by atoms with van der Waals surface area (Å²) in [6.45, 7) is 2.84. The highest BCUT2D eigenvalue weighted by molar-refractivity contribution is 7.98. The van der Waals surface area contributed by atoms with E-state index in [0.717, 1.165) is 103 Å². The van der Waals surface area contributed by atoms with Crippen LogP contribution in [-0.2, 0) is 50.9 Å². The Labute approximate surface area is 308 Å². The fourth-order valence-corrected chi connectivity index (χ4v) is 9.92. The quantitative estimate of drug-likeness (QED) is 0.176. The van der Waals surface area contributed by atoms with Crippen molar-refractivity contribution in [3.8, 4) is 16.9 Å². The standard InChI is InChI=1S/C37H37ClN6O3S3/c1-41-35-28-10-11-29(38)33(35)34-30(40-44-13-12-43(48-3)18-31(34)44)21-49-19-23-16-24(42(2)39-23)20-50-25-15-22-7-4-5-8-26(22)32(17-25)47-14-6-9-27(28)36(41)37(45)46/h4-5,7-8,10-11,15-17H,6,9,12-14,18-21H2,1-3H3,(H,45,46). The van der Waals surface area contributed by atoms with Gasteiger partial charge in [-0.3, -0.25) is 9.36 Å². The number of aromatic nitrogens is 5. The van der Waals surface area contributed by atoms with E-state index in [9.17, 15) is 9.90 Å². The Hall–Kier alpha value is -3.55. The van der Waals surface area contributed by atoms with Gasteiger partial charge in [-0.15, -0.1) is 23.5 Å². The van der Waals surface area contributed by atoms with Crippen LogP contribution in [0.25, 0.3) is 32.8 Å². The summed E-state index contributed by atoms with van der Waals surface area (Å²) in [4.78, 5) is 14.0. The van der Waals surface area contributed by atoms with Crippen LogP contribution >= 0.6 is 47.1 Å². The molecule has 3 aromatic carbocycles. The van der Waals surface area contributed by atoms with E-state index in [-0.39, 0.29) is 5.69 Å². The van der Waals surface area contributed by atoms with Crippen LogP contribution in [0.3, 0.4) is 0 Å². The number of nitrogens with zero attached hydrogens (tertiary/aromatic N) is 6. The lowest BCUT2D eigenvalue weighted by molar-refractivity contribution is 0.0685. The lowest BCUT2D eigenvalue weighted by atomic mass is 9.97. The smallest absolute Gasteiger partial charge is 0.352 e. The number of ether oxygens (including phenoxy) is 1. The molecule has 8 bridgehead atoms. The van der Waals surface area contributed by atoms with Crippen LogP contribution in [0.15, 0.2) is 59.5 Å². The molecular weight excluding hydrogens is 708 g/mol. The molecule has 0 spiro atoms. The van der Waals surface area contributed by atoms with Crippen molar-refractivity contribution >= 4 is 74.7 Å². The third-order valence-corrected chi connectivity index (χ3v) is 12.8. The zero-order valence-electron chi connectivity index (χ0n) is 28.1. The highest BCUT2D eigenvalue weighted by atomic mass is 35.5. The Kier molecular flexibility index (Phi) is 9.32. The molecule has 8 rings (SSSR count). The zero-order valence-corrected chi connectivity index (χ0v) is 31.3. The molecule has 50 heavy (non-hydrogen) atoms. The summed E-state index contributed by atoms with van der Waals surface area (Å²) in [6, 6.07) is 18.7. The van der Waals surface area contributed by atoms with Crippen molar-refractivity contribution in [1.82, 2.24) is 28.4 Å². The molecule has 3 aromatic heterocycles. The number of rotatable bonds is 2. The summed E-state index contributed by atoms with van der Waals surface area (Å²) in [5.74, 6) is 2.07. The van der Waals surface area contributed by atoms with Crippen LogP contribution in [-0.4, -0.2) is 58.9 Å². The largest absolute Gasteiger partial charge is 0.493 e. The Balaban J connectivity index is 1.27. The van der Waals surface area contributed by atoms with E-state index in [2.05, 4.69) is 45.6 Å². The fraction of sp³-hybridized carbons (Fsp3) is 0.324. The van der Waals surface area contributed by atoms with Crippen LogP contribution in [0.2, 0.25) is 5.02 Å². The normalized spacial score (nSPS) is 15.8. The molecule has 0 saturated heterocycles. The number of benzene rings is 3. The summed E-state index contributed by atoms with van der Waals surface area (Å²) < 4.78 is 14.7. The molecule has 9 nitrogen and oxygen atoms in total. The van der Waals surface area contributed by atoms with Gasteiger partial charge in [0.25, 0.3) is 0 Å². The first-order chi connectivity index (χ1) is 24.3. The molecular formula is C37H37ClN6O3S3. The van der Waals surface area contributed by atoms with Gasteiger partial charge in [0.1, 0.15) is 11.4 Å². The second-order valence-electron chi connectivity index (χ2n) is 12.7. The van der Waals surface area contributed by atoms with Gasteiger partial charge in [0.05, 0.1) is 47.3 Å². The molecule has 2 aliphatic rings. The molecule has 0 atom stereocenters. The van der Waals surface area contributed by atoms with E-state index in [1.165, 1.54) is 0 Å². The van der Waals surface area contributed by atoms with Crippen LogP contribution < -0.4 is 4.74 Å². The van der Waals surface area contributed by atoms with Crippen molar-refractivity contribution in [2.75, 3.05) is 19.4 Å². The van der Waals surface area contributed by atoms with Crippen molar-refractivity contribution in [2.24, 2.45) is 14.1 Å². The number of carboxylic acid groups (broad SMARTS) is 1. The first-order valence-corrected chi connectivity index (χ1v) is 20.3. The van der Waals surface area contributed by atoms with E-state index in [1.807, 2.05) is 47.6 Å². The second-order valence-corrected chi connectivity index (χ2v) is 16.0. The predicted molar refractivity (Wildman–Crippen MR) is 206 cm³/mol. The minimum atomic E-state index is -0.956. The van der Waals surface area contributed by atoms with Gasteiger partial charge in [0.15, 0.2) is 0 Å². The third-order valence-electron chi connectivity index (χ3n) is 9.67. The van der Waals surface area contributed by atoms with Crippen LogP contribution in [0.1, 0.15) is 45.2 Å². The van der Waals surface area contributed by atoms with Crippen molar-refractivity contribution < 1.29 is 14.6 Å². The molecule has 2 aliphatic heterocycles. The van der Waals surface area contributed by atoms with E-state index < -0.39 is 5.97 Å². The number of carbonyl (C=O) groups is 1. The fourth-order valence-electron chi connectivity index (χ4n) is 7.33. The lowest BCUT2D eigenvalue weighted by Crippen LogP contribution is -2.29. The van der Waals surface area contributed by atoms with Crippen LogP contribution in [0.4, 0.5) is 0 Å². The highest BCUT2D eigenvalue weighted by Crippen LogP contribution is 2.44. The third kappa shape index (κ3) is 6.08. The summed E-state index contributed by atoms with van der Waals surface area (Å²) in [5.41, 5.74) is 8.01. The minimum absolute atomic E-state index is 0.281. The summed E-state index contributed by atoms with van der Waals surface area (Å²) in [7, 11) is 3.86. The maximum Gasteiger partial charge on any atom is 0.352 e. The van der Waals surface area contributed by atoms with Gasteiger partial charge in [-0.2, -0.15) is 10.2 Å². The van der Waals surface area contributed by atoms with E-state index in [4.69, 9.17) is 26.5 Å². The number of carboxylic acids is 1. The van der Waals surface area contributed by atoms with Gasteiger partial charge in [0.2, 0.25) is 0 Å². The first-order valence-electron chi connectivity index (χ1n) is 16.6. The van der Waals surface area contributed by atoms with Gasteiger partial charge >= 0.3 is 5.97 Å². The number of fused-ring (bicyclic) bond motifs is 10. The number of hydrogen-bond acceptors (Lipinski definition) is 8. The molecule has 0 aliphatic carbocycles. The van der Waals surface area contributed by atoms with Crippen molar-refractivity contribution in [1.29, 1.82) is 0 Å². The van der Waals surface area contributed by atoms with Crippen LogP contribution in [0.5, 0.6) is 5.75 Å². The molecule has 13 heteroatoms. The number of halogens is 1. The first kappa shape index (κ1) is 33.6. The molecule has 0 fully saturated rings. The van der Waals surface area contributed by atoms with Crippen molar-refractivity contribution in [3.05, 3.63) is 93.7 Å². The Morgan fingerprint density at radius 1 is 1.00 bits per heavy atom. The molecule has 0 radical (unpaired) electrons. The van der Waals surface area contributed by atoms with Gasteiger partial charge in [0, 0.05) is 70.4 Å². The number of hydrogen-bond donors (Lipinski definition) is 1. The topological polar surface area (TPSA) is 90.3 Å². The van der Waals surface area contributed by atoms with Crippen LogP contribution in [0, 0.1) is 0 Å². The summed E-state index contributed by atoms with van der Waals surface area (Å²) >= 11 is 12.4. The average Bonchev–Trinajstić information content (AvgIpc) is 3.74. The Bertz CT molecular complexity index is 2280. The minimum Gasteiger partial charge on any atom is -0.493 e. The van der Waals surface area contributed by atoms with Gasteiger partial charge in [-0.25, -0.2) is 9.10 Å². The van der Waals surface area contributed by atoms with E-state index >= 15 is 0 Å². The van der Waals surface area contributed by atoms with Crippen molar-refractivity contribution in [2.45, 2.75) is 48.1 Å². The van der Waals surface area contributed by atoms with Gasteiger partial charge in [-0.05, 0) is 54.3 Å². The molecule has 5 heterocycles. The molecule has 0 amide bonds. The number of thioether (sulfide) groups is 2. The van der Waals surface area contributed by atoms with Gasteiger partial charge in [-0.1, -0.05) is 53.9 Å². The van der Waals surface area contributed by atoms with Crippen molar-refractivity contribution in [3.63, 3.8) is 0 Å². The second kappa shape index (κ2) is 13.9. The van der Waals surface area contributed by atoms with Gasteiger partial charge < -0.3 is 14.4 Å². The lowest BCUT2D eigenvalue weighted by Gasteiger charge is -2.26. The average molecular weight is 745 g/mol. The highest BCUT2D eigenvalue weighted by Gasteiger charge is 2.30. The summed E-state index contributed by atoms with van der Waals surface area (Å²) in [5, 5.41) is 24.3. The maximum absolute atomic E-state index is 12.9.